The average Bonchev–Trinajstić information content (AvgIpc) is 2.41. The van der Waals surface area contributed by atoms with Crippen LogP contribution in [0.15, 0.2) is 24.3 Å². The van der Waals surface area contributed by atoms with E-state index in [1.165, 1.54) is 0 Å². The van der Waals surface area contributed by atoms with Gasteiger partial charge < -0.3 is 15.7 Å². The molecule has 0 aromatic heterocycles. The fraction of sp³-hybridized carbons (Fsp3) is 0.429. The second-order valence-corrected chi connectivity index (χ2v) is 4.23. The number of carboxylic acid groups (broad SMARTS) is 1. The molecule has 0 saturated heterocycles. The third-order valence-electron chi connectivity index (χ3n) is 2.59. The second kappa shape index (κ2) is 8.13. The van der Waals surface area contributed by atoms with Crippen LogP contribution in [0.1, 0.15) is 36.5 Å². The van der Waals surface area contributed by atoms with Crippen molar-refractivity contribution >= 4 is 17.6 Å². The summed E-state index contributed by atoms with van der Waals surface area (Å²) in [5, 5.41) is 14.4. The topological polar surface area (TPSA) is 78.4 Å². The third-order valence-corrected chi connectivity index (χ3v) is 2.59. The summed E-state index contributed by atoms with van der Waals surface area (Å²) in [7, 11) is 0. The van der Waals surface area contributed by atoms with Gasteiger partial charge in [0.2, 0.25) is 0 Å². The zero-order chi connectivity index (χ0) is 14.1. The van der Waals surface area contributed by atoms with Crippen LogP contribution in [0.3, 0.4) is 0 Å². The molecule has 0 saturated carbocycles. The van der Waals surface area contributed by atoms with E-state index in [2.05, 4.69) is 17.6 Å². The summed E-state index contributed by atoms with van der Waals surface area (Å²) < 4.78 is 0. The molecule has 0 atom stereocenters. The first-order valence-corrected chi connectivity index (χ1v) is 6.48. The molecule has 104 valence electrons. The number of carbonyl (C=O) groups excluding carboxylic acids is 1. The fourth-order valence-electron chi connectivity index (χ4n) is 1.63. The Bertz CT molecular complexity index is 432. The maximum absolute atomic E-state index is 12.0. The first-order valence-electron chi connectivity index (χ1n) is 6.48. The smallest absolute Gasteiger partial charge is 0.303 e. The Kier molecular flexibility index (Phi) is 6.43. The summed E-state index contributed by atoms with van der Waals surface area (Å²) in [5.41, 5.74) is 1.39. The summed E-state index contributed by atoms with van der Waals surface area (Å²) in [5.74, 6) is -1.02. The number of para-hydroxylation sites is 1. The molecule has 0 aliphatic carbocycles. The van der Waals surface area contributed by atoms with Crippen LogP contribution in [0.5, 0.6) is 0 Å². The predicted molar refractivity (Wildman–Crippen MR) is 74.4 cm³/mol. The number of amides is 1. The number of hydrogen-bond donors (Lipinski definition) is 3. The summed E-state index contributed by atoms with van der Waals surface area (Å²) in [6.45, 7) is 3.23. The molecule has 1 aromatic rings. The van der Waals surface area contributed by atoms with Gasteiger partial charge in [-0.3, -0.25) is 9.59 Å². The molecule has 1 rings (SSSR count). The van der Waals surface area contributed by atoms with Crippen LogP contribution < -0.4 is 10.6 Å². The van der Waals surface area contributed by atoms with Gasteiger partial charge in [-0.2, -0.15) is 0 Å². The lowest BCUT2D eigenvalue weighted by molar-refractivity contribution is -0.137. The van der Waals surface area contributed by atoms with Gasteiger partial charge in [0, 0.05) is 25.2 Å². The van der Waals surface area contributed by atoms with E-state index in [1.807, 2.05) is 18.2 Å². The average molecular weight is 264 g/mol. The standard InChI is InChI=1S/C14H20N2O3/c1-2-9-15-12-7-4-3-6-11(12)14(19)16-10-5-8-13(17)18/h3-4,6-7,15H,2,5,8-10H2,1H3,(H,16,19)(H,17,18). The molecule has 0 bridgehead atoms. The van der Waals surface area contributed by atoms with E-state index in [0.717, 1.165) is 18.7 Å². The molecule has 3 N–H and O–H groups in total. The van der Waals surface area contributed by atoms with Crippen LogP contribution in [-0.4, -0.2) is 30.1 Å². The Morgan fingerprint density at radius 1 is 1.21 bits per heavy atom. The van der Waals surface area contributed by atoms with Gasteiger partial charge in [-0.25, -0.2) is 0 Å². The van der Waals surface area contributed by atoms with Crippen molar-refractivity contribution in [1.82, 2.24) is 5.32 Å². The molecular formula is C14H20N2O3. The highest BCUT2D eigenvalue weighted by Gasteiger charge is 2.09. The minimum Gasteiger partial charge on any atom is -0.481 e. The maximum Gasteiger partial charge on any atom is 0.303 e. The van der Waals surface area contributed by atoms with Crippen molar-refractivity contribution in [3.8, 4) is 0 Å². The van der Waals surface area contributed by atoms with Crippen molar-refractivity contribution in [3.63, 3.8) is 0 Å². The Hall–Kier alpha value is -2.04. The van der Waals surface area contributed by atoms with Crippen molar-refractivity contribution in [2.24, 2.45) is 0 Å². The number of anilines is 1. The monoisotopic (exact) mass is 264 g/mol. The molecule has 0 heterocycles. The van der Waals surface area contributed by atoms with Crippen molar-refractivity contribution in [2.75, 3.05) is 18.4 Å². The van der Waals surface area contributed by atoms with Gasteiger partial charge in [-0.1, -0.05) is 19.1 Å². The third kappa shape index (κ3) is 5.42. The molecule has 1 aromatic carbocycles. The van der Waals surface area contributed by atoms with E-state index in [1.54, 1.807) is 6.07 Å². The number of hydrogen-bond acceptors (Lipinski definition) is 3. The number of nitrogens with one attached hydrogen (secondary N) is 2. The number of carbonyl (C=O) groups is 2. The number of carboxylic acids is 1. The maximum atomic E-state index is 12.0. The summed E-state index contributed by atoms with van der Waals surface area (Å²) in [4.78, 5) is 22.3. The fourth-order valence-corrected chi connectivity index (χ4v) is 1.63. The van der Waals surface area contributed by atoms with Crippen LogP contribution in [0.2, 0.25) is 0 Å². The number of aliphatic carboxylic acids is 1. The van der Waals surface area contributed by atoms with E-state index < -0.39 is 5.97 Å². The summed E-state index contributed by atoms with van der Waals surface area (Å²) >= 11 is 0. The number of rotatable bonds is 8. The Labute approximate surface area is 113 Å². The van der Waals surface area contributed by atoms with Gasteiger partial charge in [0.1, 0.15) is 0 Å². The van der Waals surface area contributed by atoms with E-state index in [0.29, 0.717) is 18.5 Å². The molecule has 0 unspecified atom stereocenters. The first-order chi connectivity index (χ1) is 9.15. The van der Waals surface area contributed by atoms with Crippen LogP contribution in [0.4, 0.5) is 5.69 Å². The lowest BCUT2D eigenvalue weighted by Gasteiger charge is -2.11. The lowest BCUT2D eigenvalue weighted by Crippen LogP contribution is -2.25. The molecule has 0 aliphatic heterocycles. The summed E-state index contributed by atoms with van der Waals surface area (Å²) in [6, 6.07) is 7.30. The Morgan fingerprint density at radius 2 is 1.95 bits per heavy atom. The van der Waals surface area contributed by atoms with Crippen LogP contribution >= 0.6 is 0 Å². The summed E-state index contributed by atoms with van der Waals surface area (Å²) in [6.07, 6.45) is 1.48. The molecule has 5 nitrogen and oxygen atoms in total. The van der Waals surface area contributed by atoms with E-state index in [9.17, 15) is 9.59 Å². The minimum absolute atomic E-state index is 0.0655. The van der Waals surface area contributed by atoms with Gasteiger partial charge in [-0.05, 0) is 25.0 Å². The largest absolute Gasteiger partial charge is 0.481 e. The van der Waals surface area contributed by atoms with Crippen molar-refractivity contribution in [1.29, 1.82) is 0 Å². The van der Waals surface area contributed by atoms with Crippen molar-refractivity contribution in [3.05, 3.63) is 29.8 Å². The molecule has 0 spiro atoms. The number of benzene rings is 1. The predicted octanol–water partition coefficient (Wildman–Crippen LogP) is 2.10. The highest BCUT2D eigenvalue weighted by Crippen LogP contribution is 2.14. The van der Waals surface area contributed by atoms with E-state index >= 15 is 0 Å². The van der Waals surface area contributed by atoms with Crippen LogP contribution in [-0.2, 0) is 4.79 Å². The van der Waals surface area contributed by atoms with Gasteiger partial charge in [0.05, 0.1) is 5.56 Å². The van der Waals surface area contributed by atoms with Crippen LogP contribution in [0, 0.1) is 0 Å². The highest BCUT2D eigenvalue weighted by molar-refractivity contribution is 5.99. The Morgan fingerprint density at radius 3 is 2.63 bits per heavy atom. The van der Waals surface area contributed by atoms with Gasteiger partial charge in [0.15, 0.2) is 0 Å². The normalized spacial score (nSPS) is 9.95. The zero-order valence-electron chi connectivity index (χ0n) is 11.1. The molecule has 19 heavy (non-hydrogen) atoms. The molecule has 0 fully saturated rings. The van der Waals surface area contributed by atoms with Gasteiger partial charge >= 0.3 is 5.97 Å². The molecule has 5 heteroatoms. The first kappa shape index (κ1) is 15.0. The molecule has 1 amide bonds. The Balaban J connectivity index is 2.53. The minimum atomic E-state index is -0.848. The molecule has 0 aliphatic rings. The van der Waals surface area contributed by atoms with Crippen LogP contribution in [0.25, 0.3) is 0 Å². The van der Waals surface area contributed by atoms with Crippen molar-refractivity contribution < 1.29 is 14.7 Å². The van der Waals surface area contributed by atoms with E-state index in [4.69, 9.17) is 5.11 Å². The molecular weight excluding hydrogens is 244 g/mol. The highest BCUT2D eigenvalue weighted by atomic mass is 16.4. The lowest BCUT2D eigenvalue weighted by atomic mass is 10.1. The zero-order valence-corrected chi connectivity index (χ0v) is 11.1. The van der Waals surface area contributed by atoms with Crippen molar-refractivity contribution in [2.45, 2.75) is 26.2 Å². The second-order valence-electron chi connectivity index (χ2n) is 4.23. The van der Waals surface area contributed by atoms with Gasteiger partial charge in [0.25, 0.3) is 5.91 Å². The van der Waals surface area contributed by atoms with E-state index in [-0.39, 0.29) is 12.3 Å². The SMILES string of the molecule is CCCNc1ccccc1C(=O)NCCCC(=O)O. The quantitative estimate of drug-likeness (QED) is 0.628. The van der Waals surface area contributed by atoms with Gasteiger partial charge in [-0.15, -0.1) is 0 Å². The molecule has 0 radical (unpaired) electrons.